The first-order valence-electron chi connectivity index (χ1n) is 5.46. The zero-order valence-corrected chi connectivity index (χ0v) is 12.5. The van der Waals surface area contributed by atoms with Gasteiger partial charge in [-0.15, -0.1) is 0 Å². The fourth-order valence-electron chi connectivity index (χ4n) is 1.87. The average Bonchev–Trinajstić information content (AvgIpc) is 2.55. The molecule has 0 saturated heterocycles. The molecular weight excluding hydrogens is 286 g/mol. The molecule has 98 valence electrons. The molecule has 0 spiro atoms. The maximum atomic E-state index is 5.28. The van der Waals surface area contributed by atoms with Gasteiger partial charge in [0.05, 0.1) is 21.9 Å². The van der Waals surface area contributed by atoms with Gasteiger partial charge in [0.25, 0.3) is 0 Å². The van der Waals surface area contributed by atoms with Crippen LogP contribution in [0.2, 0.25) is 0 Å². The molecular formula is C11H20BrN3O2. The Bertz CT molecular complexity index is 364. The van der Waals surface area contributed by atoms with E-state index in [1.165, 1.54) is 0 Å². The zero-order valence-electron chi connectivity index (χ0n) is 11.0. The molecule has 0 amide bonds. The maximum absolute atomic E-state index is 5.28. The number of nitrogens with one attached hydrogen (secondary N) is 1. The molecule has 0 bridgehead atoms. The topological polar surface area (TPSA) is 48.3 Å². The highest BCUT2D eigenvalue weighted by Crippen LogP contribution is 2.22. The summed E-state index contributed by atoms with van der Waals surface area (Å²) in [6, 6.07) is 0.0797. The van der Waals surface area contributed by atoms with Crippen LogP contribution < -0.4 is 5.32 Å². The average molecular weight is 306 g/mol. The molecule has 1 aromatic rings. The molecule has 0 aliphatic rings. The number of rotatable bonds is 6. The largest absolute Gasteiger partial charge is 0.354 e. The van der Waals surface area contributed by atoms with Gasteiger partial charge in [0.15, 0.2) is 6.29 Å². The van der Waals surface area contributed by atoms with Crippen molar-refractivity contribution in [2.75, 3.05) is 21.3 Å². The van der Waals surface area contributed by atoms with Crippen molar-refractivity contribution in [2.45, 2.75) is 25.7 Å². The van der Waals surface area contributed by atoms with Gasteiger partial charge in [0.1, 0.15) is 0 Å². The van der Waals surface area contributed by atoms with Crippen LogP contribution >= 0.6 is 15.9 Å². The molecule has 17 heavy (non-hydrogen) atoms. The zero-order chi connectivity index (χ0) is 13.0. The monoisotopic (exact) mass is 305 g/mol. The molecule has 0 radical (unpaired) electrons. The highest BCUT2D eigenvalue weighted by atomic mass is 79.9. The summed E-state index contributed by atoms with van der Waals surface area (Å²) in [5.41, 5.74) is 2.12. The lowest BCUT2D eigenvalue weighted by Gasteiger charge is -2.24. The summed E-state index contributed by atoms with van der Waals surface area (Å²) in [5.74, 6) is 0. The Kier molecular flexibility index (Phi) is 5.58. The molecule has 6 heteroatoms. The molecule has 1 atom stereocenters. The van der Waals surface area contributed by atoms with Gasteiger partial charge in [-0.3, -0.25) is 4.68 Å². The Balaban J connectivity index is 2.87. The third kappa shape index (κ3) is 3.28. The van der Waals surface area contributed by atoms with E-state index in [1.54, 1.807) is 14.2 Å². The Morgan fingerprint density at radius 3 is 2.35 bits per heavy atom. The van der Waals surface area contributed by atoms with Gasteiger partial charge < -0.3 is 14.8 Å². The van der Waals surface area contributed by atoms with E-state index in [0.29, 0.717) is 0 Å². The summed E-state index contributed by atoms with van der Waals surface area (Å²) >= 11 is 3.56. The first-order valence-corrected chi connectivity index (χ1v) is 6.25. The summed E-state index contributed by atoms with van der Waals surface area (Å²) in [6.07, 6.45) is 0.503. The number of hydrogen-bond acceptors (Lipinski definition) is 4. The van der Waals surface area contributed by atoms with Crippen molar-refractivity contribution in [3.8, 4) is 0 Å². The Morgan fingerprint density at radius 2 is 2.00 bits per heavy atom. The smallest absolute Gasteiger partial charge is 0.172 e. The third-order valence-electron chi connectivity index (χ3n) is 2.84. The van der Waals surface area contributed by atoms with E-state index >= 15 is 0 Å². The molecule has 0 aliphatic heterocycles. The Morgan fingerprint density at radius 1 is 1.41 bits per heavy atom. The van der Waals surface area contributed by atoms with Crippen LogP contribution in [-0.2, 0) is 22.9 Å². The number of likely N-dealkylation sites (N-methyl/N-ethyl adjacent to an activating group) is 1. The van der Waals surface area contributed by atoms with Gasteiger partial charge in [-0.2, -0.15) is 5.10 Å². The van der Waals surface area contributed by atoms with E-state index < -0.39 is 0 Å². The minimum atomic E-state index is -0.276. The molecule has 0 aliphatic carbocycles. The highest BCUT2D eigenvalue weighted by Gasteiger charge is 2.23. The fourth-order valence-corrected chi connectivity index (χ4v) is 2.37. The fraction of sp³-hybridized carbons (Fsp3) is 0.727. The van der Waals surface area contributed by atoms with Crippen molar-refractivity contribution in [1.82, 2.24) is 15.1 Å². The number of ether oxygens (including phenoxy) is 2. The first-order chi connectivity index (χ1) is 8.04. The second-order valence-electron chi connectivity index (χ2n) is 3.91. The Hall–Kier alpha value is -0.430. The van der Waals surface area contributed by atoms with E-state index in [1.807, 2.05) is 25.7 Å². The summed E-state index contributed by atoms with van der Waals surface area (Å²) in [6.45, 7) is 1.98. The molecule has 1 heterocycles. The van der Waals surface area contributed by atoms with Gasteiger partial charge in [0, 0.05) is 27.7 Å². The van der Waals surface area contributed by atoms with Crippen molar-refractivity contribution in [1.29, 1.82) is 0 Å². The lowest BCUT2D eigenvalue weighted by atomic mass is 10.1. The van der Waals surface area contributed by atoms with E-state index in [0.717, 1.165) is 22.3 Å². The molecule has 0 fully saturated rings. The van der Waals surface area contributed by atoms with Gasteiger partial charge in [-0.25, -0.2) is 0 Å². The van der Waals surface area contributed by atoms with Crippen LogP contribution in [0.3, 0.4) is 0 Å². The normalized spacial score (nSPS) is 13.4. The number of nitrogens with zero attached hydrogens (tertiary/aromatic N) is 2. The van der Waals surface area contributed by atoms with Crippen LogP contribution in [0.15, 0.2) is 4.47 Å². The predicted octanol–water partition coefficient (Wildman–Crippen LogP) is 1.24. The number of aromatic nitrogens is 2. The molecule has 1 N–H and O–H groups in total. The molecule has 1 unspecified atom stereocenters. The SMILES string of the molecule is CNC(Cc1c(Br)c(C)nn1C)C(OC)OC. The van der Waals surface area contributed by atoms with Gasteiger partial charge >= 0.3 is 0 Å². The lowest BCUT2D eigenvalue weighted by molar-refractivity contribution is -0.121. The predicted molar refractivity (Wildman–Crippen MR) is 70.0 cm³/mol. The summed E-state index contributed by atoms with van der Waals surface area (Å²) in [5, 5.41) is 7.57. The van der Waals surface area contributed by atoms with Crippen LogP contribution in [0.4, 0.5) is 0 Å². The van der Waals surface area contributed by atoms with E-state index in [-0.39, 0.29) is 12.3 Å². The second-order valence-corrected chi connectivity index (χ2v) is 4.70. The second kappa shape index (κ2) is 6.49. The minimum Gasteiger partial charge on any atom is -0.354 e. The summed E-state index contributed by atoms with van der Waals surface area (Å²) in [7, 11) is 7.12. The van der Waals surface area contributed by atoms with Gasteiger partial charge in [0.2, 0.25) is 0 Å². The van der Waals surface area contributed by atoms with Crippen molar-refractivity contribution in [3.05, 3.63) is 15.9 Å². The first kappa shape index (κ1) is 14.6. The molecule has 1 rings (SSSR count). The van der Waals surface area contributed by atoms with Crippen LogP contribution in [0.25, 0.3) is 0 Å². The van der Waals surface area contributed by atoms with E-state index in [9.17, 15) is 0 Å². The molecule has 0 saturated carbocycles. The van der Waals surface area contributed by atoms with Gasteiger partial charge in [-0.1, -0.05) is 0 Å². The summed E-state index contributed by atoms with van der Waals surface area (Å²) in [4.78, 5) is 0. The standard InChI is InChI=1S/C11H20BrN3O2/c1-7-10(12)9(15(3)14-7)6-8(13-2)11(16-4)17-5/h8,11,13H,6H2,1-5H3. The van der Waals surface area contributed by atoms with Crippen molar-refractivity contribution >= 4 is 15.9 Å². The van der Waals surface area contributed by atoms with E-state index in [2.05, 4.69) is 26.3 Å². The van der Waals surface area contributed by atoms with Crippen LogP contribution in [-0.4, -0.2) is 43.4 Å². The van der Waals surface area contributed by atoms with Crippen LogP contribution in [0.1, 0.15) is 11.4 Å². The van der Waals surface area contributed by atoms with Crippen molar-refractivity contribution in [2.24, 2.45) is 7.05 Å². The van der Waals surface area contributed by atoms with Crippen LogP contribution in [0.5, 0.6) is 0 Å². The minimum absolute atomic E-state index is 0.0797. The van der Waals surface area contributed by atoms with Gasteiger partial charge in [-0.05, 0) is 29.9 Å². The van der Waals surface area contributed by atoms with Crippen LogP contribution in [0, 0.1) is 6.92 Å². The van der Waals surface area contributed by atoms with E-state index in [4.69, 9.17) is 9.47 Å². The number of aryl methyl sites for hydroxylation is 2. The molecule has 0 aromatic carbocycles. The Labute approximate surface area is 111 Å². The number of methoxy groups -OCH3 is 2. The molecule has 1 aromatic heterocycles. The third-order valence-corrected chi connectivity index (χ3v) is 3.87. The number of halogens is 1. The van der Waals surface area contributed by atoms with Crippen molar-refractivity contribution < 1.29 is 9.47 Å². The van der Waals surface area contributed by atoms with Crippen molar-refractivity contribution in [3.63, 3.8) is 0 Å². The molecule has 5 nitrogen and oxygen atoms in total. The highest BCUT2D eigenvalue weighted by molar-refractivity contribution is 9.10. The lowest BCUT2D eigenvalue weighted by Crippen LogP contribution is -2.42. The summed E-state index contributed by atoms with van der Waals surface area (Å²) < 4.78 is 13.5. The quantitative estimate of drug-likeness (QED) is 0.804. The maximum Gasteiger partial charge on any atom is 0.172 e. The number of hydrogen-bond donors (Lipinski definition) is 1.